The van der Waals surface area contributed by atoms with Gasteiger partial charge in [0, 0.05) is 19.0 Å². The molecule has 0 bridgehead atoms. The third kappa shape index (κ3) is 4.88. The molecular formula is C14H26BrNO2. The first-order valence-electron chi connectivity index (χ1n) is 6.81. The first-order valence-corrected chi connectivity index (χ1v) is 7.93. The predicted molar refractivity (Wildman–Crippen MR) is 78.0 cm³/mol. The monoisotopic (exact) mass is 319 g/mol. The molecule has 0 aromatic carbocycles. The van der Waals surface area contributed by atoms with Crippen molar-refractivity contribution in [3.8, 4) is 0 Å². The second kappa shape index (κ2) is 6.90. The van der Waals surface area contributed by atoms with Crippen LogP contribution in [0.15, 0.2) is 0 Å². The average Bonchev–Trinajstić information content (AvgIpc) is 2.29. The fourth-order valence-corrected chi connectivity index (χ4v) is 2.63. The summed E-state index contributed by atoms with van der Waals surface area (Å²) in [6.07, 6.45) is 5.99. The zero-order chi connectivity index (χ0) is 13.6. The highest BCUT2D eigenvalue weighted by Gasteiger charge is 2.39. The normalized spacial score (nSPS) is 18.2. The van der Waals surface area contributed by atoms with Crippen molar-refractivity contribution in [1.29, 1.82) is 0 Å². The zero-order valence-electron chi connectivity index (χ0n) is 11.9. The molecule has 0 spiro atoms. The topological polar surface area (TPSA) is 38.3 Å². The molecule has 0 aliphatic heterocycles. The molecule has 0 aromatic rings. The Balaban J connectivity index is 2.28. The van der Waals surface area contributed by atoms with Gasteiger partial charge in [0.05, 0.1) is 12.0 Å². The Morgan fingerprint density at radius 2 is 2.11 bits per heavy atom. The lowest BCUT2D eigenvalue weighted by Crippen LogP contribution is -2.45. The minimum atomic E-state index is -0.163. The summed E-state index contributed by atoms with van der Waals surface area (Å²) in [7, 11) is 1.71. The Kier molecular flexibility index (Phi) is 6.12. The minimum Gasteiger partial charge on any atom is -0.378 e. The van der Waals surface area contributed by atoms with Crippen LogP contribution in [0.3, 0.4) is 0 Å². The van der Waals surface area contributed by atoms with Crippen LogP contribution in [0.1, 0.15) is 52.4 Å². The van der Waals surface area contributed by atoms with Gasteiger partial charge in [0.1, 0.15) is 0 Å². The van der Waals surface area contributed by atoms with Gasteiger partial charge in [-0.1, -0.05) is 29.8 Å². The second-order valence-corrected chi connectivity index (χ2v) is 6.94. The fraction of sp³-hybridized carbons (Fsp3) is 0.929. The Hall–Kier alpha value is -0.0900. The molecule has 1 fully saturated rings. The first kappa shape index (κ1) is 16.0. The number of methoxy groups -OCH3 is 1. The average molecular weight is 320 g/mol. The van der Waals surface area contributed by atoms with E-state index in [1.807, 2.05) is 0 Å². The van der Waals surface area contributed by atoms with Crippen molar-refractivity contribution in [3.05, 3.63) is 0 Å². The summed E-state index contributed by atoms with van der Waals surface area (Å²) in [5, 5.41) is 4.08. The Morgan fingerprint density at radius 3 is 2.56 bits per heavy atom. The number of carbonyl (C=O) groups excluding carboxylic acids is 1. The third-order valence-corrected chi connectivity index (χ3v) is 4.49. The van der Waals surface area contributed by atoms with Crippen LogP contribution in [0.25, 0.3) is 0 Å². The van der Waals surface area contributed by atoms with E-state index in [4.69, 9.17) is 4.74 Å². The summed E-state index contributed by atoms with van der Waals surface area (Å²) in [6, 6.07) is 0. The summed E-state index contributed by atoms with van der Waals surface area (Å²) in [4.78, 5) is 11.9. The van der Waals surface area contributed by atoms with Crippen LogP contribution in [-0.2, 0) is 9.53 Å². The number of rotatable bonds is 8. The number of amides is 1. The molecule has 0 atom stereocenters. The van der Waals surface area contributed by atoms with E-state index in [0.717, 1.165) is 37.6 Å². The largest absolute Gasteiger partial charge is 0.378 e. The first-order chi connectivity index (χ1) is 8.43. The molecule has 0 radical (unpaired) electrons. The maximum absolute atomic E-state index is 11.9. The van der Waals surface area contributed by atoms with E-state index in [0.29, 0.717) is 6.42 Å². The minimum absolute atomic E-state index is 0.128. The van der Waals surface area contributed by atoms with Gasteiger partial charge in [0.2, 0.25) is 5.91 Å². The van der Waals surface area contributed by atoms with Crippen LogP contribution >= 0.6 is 15.9 Å². The molecule has 1 aliphatic rings. The van der Waals surface area contributed by atoms with Gasteiger partial charge in [-0.15, -0.1) is 0 Å². The van der Waals surface area contributed by atoms with E-state index in [9.17, 15) is 4.79 Å². The molecular weight excluding hydrogens is 294 g/mol. The molecule has 1 saturated carbocycles. The van der Waals surface area contributed by atoms with E-state index >= 15 is 0 Å². The van der Waals surface area contributed by atoms with Gasteiger partial charge in [-0.3, -0.25) is 4.79 Å². The van der Waals surface area contributed by atoms with Gasteiger partial charge in [-0.05, 0) is 37.5 Å². The molecule has 18 heavy (non-hydrogen) atoms. The van der Waals surface area contributed by atoms with E-state index < -0.39 is 0 Å². The van der Waals surface area contributed by atoms with Crippen LogP contribution in [0, 0.1) is 5.41 Å². The van der Waals surface area contributed by atoms with Crippen LogP contribution < -0.4 is 5.32 Å². The van der Waals surface area contributed by atoms with Crippen molar-refractivity contribution in [3.63, 3.8) is 0 Å². The van der Waals surface area contributed by atoms with Crippen LogP contribution in [0.5, 0.6) is 0 Å². The van der Waals surface area contributed by atoms with Crippen LogP contribution in [0.4, 0.5) is 0 Å². The molecule has 106 valence electrons. The zero-order valence-corrected chi connectivity index (χ0v) is 13.4. The predicted octanol–water partition coefficient (Wildman–Crippen LogP) is 3.26. The Labute approximate surface area is 119 Å². The van der Waals surface area contributed by atoms with Gasteiger partial charge in [-0.25, -0.2) is 0 Å². The lowest BCUT2D eigenvalue weighted by Gasteiger charge is -2.40. The molecule has 1 rings (SSSR count). The molecule has 1 N–H and O–H groups in total. The van der Waals surface area contributed by atoms with Crippen molar-refractivity contribution in [2.24, 2.45) is 5.41 Å². The van der Waals surface area contributed by atoms with E-state index in [2.05, 4.69) is 35.1 Å². The summed E-state index contributed by atoms with van der Waals surface area (Å²) < 4.78 is 5.47. The maximum Gasteiger partial charge on any atom is 0.222 e. The van der Waals surface area contributed by atoms with Gasteiger partial charge in [0.25, 0.3) is 0 Å². The quantitative estimate of drug-likeness (QED) is 0.697. The lowest BCUT2D eigenvalue weighted by atomic mass is 9.77. The molecule has 3 nitrogen and oxygen atoms in total. The van der Waals surface area contributed by atoms with Crippen molar-refractivity contribution < 1.29 is 9.53 Å². The van der Waals surface area contributed by atoms with Crippen molar-refractivity contribution in [2.45, 2.75) is 58.0 Å². The van der Waals surface area contributed by atoms with E-state index in [-0.39, 0.29) is 16.9 Å². The molecule has 0 unspecified atom stereocenters. The highest BCUT2D eigenvalue weighted by molar-refractivity contribution is 9.09. The van der Waals surface area contributed by atoms with Crippen molar-refractivity contribution in [1.82, 2.24) is 5.32 Å². The highest BCUT2D eigenvalue weighted by Crippen LogP contribution is 2.37. The number of nitrogens with one attached hydrogen (secondary N) is 1. The van der Waals surface area contributed by atoms with Crippen LogP contribution in [0.2, 0.25) is 0 Å². The molecule has 1 amide bonds. The summed E-state index contributed by atoms with van der Waals surface area (Å²) in [5.74, 6) is 0.128. The summed E-state index contributed by atoms with van der Waals surface area (Å²) >= 11 is 3.44. The Bertz CT molecular complexity index is 269. The van der Waals surface area contributed by atoms with Gasteiger partial charge in [0.15, 0.2) is 0 Å². The standard InChI is InChI=1S/C14H26BrNO2/c1-13(2,6-5-9-15)11-16-12(17)10-14(18-3)7-4-8-14/h4-11H2,1-3H3,(H,16,17). The number of ether oxygens (including phenoxy) is 1. The number of carbonyl (C=O) groups is 1. The lowest BCUT2D eigenvalue weighted by molar-refractivity contribution is -0.134. The number of halogens is 1. The van der Waals surface area contributed by atoms with E-state index in [1.54, 1.807) is 7.11 Å². The van der Waals surface area contributed by atoms with Gasteiger partial charge >= 0.3 is 0 Å². The molecule has 0 saturated heterocycles. The summed E-state index contributed by atoms with van der Waals surface area (Å²) in [6.45, 7) is 5.15. The molecule has 4 heteroatoms. The second-order valence-electron chi connectivity index (χ2n) is 6.15. The fourth-order valence-electron chi connectivity index (χ4n) is 2.35. The van der Waals surface area contributed by atoms with Crippen molar-refractivity contribution in [2.75, 3.05) is 19.0 Å². The highest BCUT2D eigenvalue weighted by atomic mass is 79.9. The number of alkyl halides is 1. The van der Waals surface area contributed by atoms with Crippen molar-refractivity contribution >= 4 is 21.8 Å². The number of hydrogen-bond acceptors (Lipinski definition) is 2. The molecule has 0 heterocycles. The summed E-state index contributed by atoms with van der Waals surface area (Å²) in [5.41, 5.74) is 0.00730. The molecule has 0 aromatic heterocycles. The van der Waals surface area contributed by atoms with Gasteiger partial charge < -0.3 is 10.1 Å². The van der Waals surface area contributed by atoms with E-state index in [1.165, 1.54) is 6.42 Å². The van der Waals surface area contributed by atoms with Crippen LogP contribution in [-0.4, -0.2) is 30.5 Å². The Morgan fingerprint density at radius 1 is 1.44 bits per heavy atom. The number of hydrogen-bond donors (Lipinski definition) is 1. The van der Waals surface area contributed by atoms with Gasteiger partial charge in [-0.2, -0.15) is 0 Å². The SMILES string of the molecule is COC1(CC(=O)NCC(C)(C)CCCBr)CCC1. The maximum atomic E-state index is 11.9. The molecule has 1 aliphatic carbocycles. The smallest absolute Gasteiger partial charge is 0.222 e. The third-order valence-electron chi connectivity index (χ3n) is 3.93.